The molecule has 4 heterocycles. The highest BCUT2D eigenvalue weighted by Gasteiger charge is 2.48. The van der Waals surface area contributed by atoms with E-state index in [-0.39, 0.29) is 12.8 Å². The third-order valence-electron chi connectivity index (χ3n) is 4.89. The predicted octanol–water partition coefficient (Wildman–Crippen LogP) is 3.72. The lowest BCUT2D eigenvalue weighted by molar-refractivity contribution is -0.141. The molecule has 1 fully saturated rings. The number of aliphatic hydroxyl groups excluding tert-OH is 1. The fourth-order valence-corrected chi connectivity index (χ4v) is 4.48. The van der Waals surface area contributed by atoms with Gasteiger partial charge in [0.05, 0.1) is 18.0 Å². The molecule has 1 atom stereocenters. The largest absolute Gasteiger partial charge is 0.387 e. The number of alkyl halides is 2. The Kier molecular flexibility index (Phi) is 3.54. The predicted molar refractivity (Wildman–Crippen MR) is 97.5 cm³/mol. The van der Waals surface area contributed by atoms with Crippen LogP contribution in [0.25, 0.3) is 32.6 Å². The number of hydrogen-bond acceptors (Lipinski definition) is 6. The first kappa shape index (κ1) is 16.6. The Morgan fingerprint density at radius 2 is 2.07 bits per heavy atom. The quantitative estimate of drug-likeness (QED) is 0.580. The standard InChI is InChI=1S/C18H15F2N5OS/c1-25-8-10-2-9(6-21-16(10)24-25)13-7-22-17-12(23-13)3-14(27-17)15(26)11-4-18(19,20)5-11/h2-3,6-8,11,15,26H,4-5H2,1H3. The zero-order valence-corrected chi connectivity index (χ0v) is 15.1. The van der Waals surface area contributed by atoms with Crippen molar-refractivity contribution in [2.24, 2.45) is 13.0 Å². The van der Waals surface area contributed by atoms with Crippen molar-refractivity contribution in [3.8, 4) is 11.3 Å². The first-order valence-corrected chi connectivity index (χ1v) is 9.32. The minimum Gasteiger partial charge on any atom is -0.387 e. The van der Waals surface area contributed by atoms with Gasteiger partial charge in [-0.3, -0.25) is 4.68 Å². The lowest BCUT2D eigenvalue weighted by atomic mass is 9.77. The Labute approximate surface area is 156 Å². The number of rotatable bonds is 3. The van der Waals surface area contributed by atoms with Crippen LogP contribution in [-0.2, 0) is 7.05 Å². The van der Waals surface area contributed by atoms with Gasteiger partial charge in [0.25, 0.3) is 0 Å². The molecule has 1 saturated carbocycles. The van der Waals surface area contributed by atoms with Gasteiger partial charge < -0.3 is 5.11 Å². The van der Waals surface area contributed by atoms with Crippen molar-refractivity contribution >= 4 is 32.7 Å². The summed E-state index contributed by atoms with van der Waals surface area (Å²) in [5.74, 6) is -3.06. The van der Waals surface area contributed by atoms with E-state index < -0.39 is 17.9 Å². The van der Waals surface area contributed by atoms with Crippen molar-refractivity contribution in [1.29, 1.82) is 0 Å². The van der Waals surface area contributed by atoms with Crippen LogP contribution in [0.15, 0.2) is 30.7 Å². The lowest BCUT2D eigenvalue weighted by Crippen LogP contribution is -2.38. The second kappa shape index (κ2) is 5.74. The number of pyridine rings is 1. The van der Waals surface area contributed by atoms with Crippen LogP contribution in [0.3, 0.4) is 0 Å². The van der Waals surface area contributed by atoms with E-state index in [1.54, 1.807) is 23.1 Å². The van der Waals surface area contributed by atoms with Crippen LogP contribution in [0.1, 0.15) is 23.8 Å². The van der Waals surface area contributed by atoms with E-state index in [4.69, 9.17) is 0 Å². The van der Waals surface area contributed by atoms with Crippen molar-refractivity contribution in [1.82, 2.24) is 24.7 Å². The molecule has 1 aliphatic rings. The van der Waals surface area contributed by atoms with Gasteiger partial charge in [0.15, 0.2) is 5.65 Å². The molecule has 0 bridgehead atoms. The molecule has 0 amide bonds. The van der Waals surface area contributed by atoms with Gasteiger partial charge in [0.2, 0.25) is 5.92 Å². The van der Waals surface area contributed by atoms with Gasteiger partial charge in [-0.1, -0.05) is 0 Å². The highest BCUT2D eigenvalue weighted by Crippen LogP contribution is 2.49. The summed E-state index contributed by atoms with van der Waals surface area (Å²) >= 11 is 1.30. The number of thiophene rings is 1. The van der Waals surface area contributed by atoms with E-state index >= 15 is 0 Å². The van der Waals surface area contributed by atoms with E-state index in [0.29, 0.717) is 26.6 Å². The number of fused-ring (bicyclic) bond motifs is 2. The summed E-state index contributed by atoms with van der Waals surface area (Å²) in [6.45, 7) is 0. The van der Waals surface area contributed by atoms with Crippen LogP contribution >= 0.6 is 11.3 Å². The van der Waals surface area contributed by atoms with Crippen molar-refractivity contribution in [3.05, 3.63) is 35.6 Å². The van der Waals surface area contributed by atoms with Crippen molar-refractivity contribution in [3.63, 3.8) is 0 Å². The molecule has 0 radical (unpaired) electrons. The molecule has 138 valence electrons. The third kappa shape index (κ3) is 2.87. The maximum atomic E-state index is 13.1. The molecule has 6 nitrogen and oxygen atoms in total. The summed E-state index contributed by atoms with van der Waals surface area (Å²) in [7, 11) is 1.84. The molecule has 0 aliphatic heterocycles. The molecule has 27 heavy (non-hydrogen) atoms. The third-order valence-corrected chi connectivity index (χ3v) is 5.99. The van der Waals surface area contributed by atoms with Gasteiger partial charge in [-0.15, -0.1) is 11.3 Å². The number of aliphatic hydroxyl groups is 1. The van der Waals surface area contributed by atoms with E-state index in [1.165, 1.54) is 11.3 Å². The summed E-state index contributed by atoms with van der Waals surface area (Å²) in [5.41, 5.74) is 2.78. The Morgan fingerprint density at radius 1 is 1.26 bits per heavy atom. The van der Waals surface area contributed by atoms with Crippen LogP contribution in [0.5, 0.6) is 0 Å². The zero-order valence-electron chi connectivity index (χ0n) is 14.3. The van der Waals surface area contributed by atoms with Gasteiger partial charge >= 0.3 is 0 Å². The molecule has 1 aliphatic carbocycles. The molecular weight excluding hydrogens is 372 g/mol. The minimum absolute atomic E-state index is 0.273. The topological polar surface area (TPSA) is 76.7 Å². The Bertz CT molecular complexity index is 1160. The summed E-state index contributed by atoms with van der Waals surface area (Å²) in [4.78, 5) is 14.7. The van der Waals surface area contributed by atoms with E-state index in [0.717, 1.165) is 10.9 Å². The highest BCUT2D eigenvalue weighted by atomic mass is 32.1. The number of aromatic nitrogens is 5. The fraction of sp³-hybridized carbons (Fsp3) is 0.333. The number of nitrogens with zero attached hydrogens (tertiary/aromatic N) is 5. The molecular formula is C18H15F2N5OS. The zero-order chi connectivity index (χ0) is 18.8. The average Bonchev–Trinajstić information content (AvgIpc) is 3.19. The summed E-state index contributed by atoms with van der Waals surface area (Å²) in [6, 6.07) is 3.69. The molecule has 1 N–H and O–H groups in total. The maximum Gasteiger partial charge on any atom is 0.248 e. The summed E-state index contributed by atoms with van der Waals surface area (Å²) < 4.78 is 27.9. The summed E-state index contributed by atoms with van der Waals surface area (Å²) in [5, 5.41) is 15.5. The highest BCUT2D eigenvalue weighted by molar-refractivity contribution is 7.18. The molecule has 5 rings (SSSR count). The van der Waals surface area contributed by atoms with E-state index in [1.807, 2.05) is 19.3 Å². The Balaban J connectivity index is 1.47. The van der Waals surface area contributed by atoms with Crippen LogP contribution < -0.4 is 0 Å². The first-order chi connectivity index (χ1) is 12.9. The Hall–Kier alpha value is -2.52. The second-order valence-corrected chi connectivity index (χ2v) is 8.07. The van der Waals surface area contributed by atoms with Crippen LogP contribution in [0.4, 0.5) is 8.78 Å². The van der Waals surface area contributed by atoms with Crippen molar-refractivity contribution in [2.75, 3.05) is 0 Å². The van der Waals surface area contributed by atoms with Gasteiger partial charge in [-0.2, -0.15) is 5.10 Å². The molecule has 9 heteroatoms. The van der Waals surface area contributed by atoms with Crippen LogP contribution in [-0.4, -0.2) is 35.8 Å². The summed E-state index contributed by atoms with van der Waals surface area (Å²) in [6.07, 6.45) is 3.79. The number of hydrogen-bond donors (Lipinski definition) is 1. The normalized spacial score (nSPS) is 18.1. The second-order valence-electron chi connectivity index (χ2n) is 7.00. The molecule has 4 aromatic heterocycles. The van der Waals surface area contributed by atoms with Gasteiger partial charge in [0.1, 0.15) is 10.3 Å². The minimum atomic E-state index is -2.65. The first-order valence-electron chi connectivity index (χ1n) is 8.50. The molecule has 0 aromatic carbocycles. The molecule has 4 aromatic rings. The molecule has 0 spiro atoms. The van der Waals surface area contributed by atoms with Gasteiger partial charge in [-0.05, 0) is 12.1 Å². The van der Waals surface area contributed by atoms with Gasteiger partial charge in [0, 0.05) is 54.0 Å². The number of aryl methyl sites for hydroxylation is 1. The van der Waals surface area contributed by atoms with E-state index in [2.05, 4.69) is 20.1 Å². The van der Waals surface area contributed by atoms with Gasteiger partial charge in [-0.25, -0.2) is 23.7 Å². The van der Waals surface area contributed by atoms with Crippen LogP contribution in [0, 0.1) is 5.92 Å². The van der Waals surface area contributed by atoms with Crippen LogP contribution in [0.2, 0.25) is 0 Å². The average molecular weight is 387 g/mol. The monoisotopic (exact) mass is 387 g/mol. The number of halogens is 2. The van der Waals surface area contributed by atoms with E-state index in [9.17, 15) is 13.9 Å². The smallest absolute Gasteiger partial charge is 0.248 e. The molecule has 1 unspecified atom stereocenters. The lowest BCUT2D eigenvalue weighted by Gasteiger charge is -2.37. The fourth-order valence-electron chi connectivity index (χ4n) is 3.46. The molecule has 0 saturated heterocycles. The Morgan fingerprint density at radius 3 is 2.85 bits per heavy atom. The van der Waals surface area contributed by atoms with Crippen molar-refractivity contribution in [2.45, 2.75) is 24.9 Å². The SMILES string of the molecule is Cn1cc2cc(-c3cnc4sc(C(O)C5CC(F)(F)C5)cc4n3)cnc2n1. The van der Waals surface area contributed by atoms with Crippen molar-refractivity contribution < 1.29 is 13.9 Å². The maximum absolute atomic E-state index is 13.1.